The van der Waals surface area contributed by atoms with E-state index < -0.39 is 11.6 Å². The second-order valence-corrected chi connectivity index (χ2v) is 6.13. The number of carboxylic acids is 1. The molecule has 0 unspecified atom stereocenters. The van der Waals surface area contributed by atoms with Crippen LogP contribution in [0.2, 0.25) is 0 Å². The topological polar surface area (TPSA) is 95.9 Å². The van der Waals surface area contributed by atoms with Crippen LogP contribution in [-0.2, 0) is 14.4 Å². The average Bonchev–Trinajstić information content (AvgIpc) is 2.51. The second kappa shape index (κ2) is 7.33. The maximum atomic E-state index is 12.6. The lowest BCUT2D eigenvalue weighted by atomic mass is 10.0. The van der Waals surface area contributed by atoms with Crippen LogP contribution in [0.25, 0.3) is 0 Å². The molecule has 0 atom stereocenters. The van der Waals surface area contributed by atoms with Crippen LogP contribution >= 0.6 is 0 Å². The molecule has 0 spiro atoms. The average molecular weight is 334 g/mol. The van der Waals surface area contributed by atoms with Crippen molar-refractivity contribution >= 4 is 23.5 Å². The largest absolute Gasteiger partial charge is 0.481 e. The third-order valence-electron chi connectivity index (χ3n) is 3.73. The molecule has 2 N–H and O–H groups in total. The fraction of sp³-hybridized carbons (Fsp3) is 0.471. The number of carbonyl (C=O) groups is 3. The quantitative estimate of drug-likeness (QED) is 0.738. The van der Waals surface area contributed by atoms with Gasteiger partial charge in [-0.15, -0.1) is 0 Å². The molecule has 130 valence electrons. The number of carbonyl (C=O) groups excluding carboxylic acids is 2. The Labute approximate surface area is 140 Å². The summed E-state index contributed by atoms with van der Waals surface area (Å²) in [5.41, 5.74) is -0.327. The summed E-state index contributed by atoms with van der Waals surface area (Å²) in [7, 11) is 0. The van der Waals surface area contributed by atoms with E-state index in [-0.39, 0.29) is 31.2 Å². The zero-order valence-electron chi connectivity index (χ0n) is 13.9. The van der Waals surface area contributed by atoms with Crippen LogP contribution < -0.4 is 15.0 Å². The number of carboxylic acid groups (broad SMARTS) is 1. The Bertz CT molecular complexity index is 642. The van der Waals surface area contributed by atoms with E-state index in [1.165, 1.54) is 0 Å². The fourth-order valence-electron chi connectivity index (χ4n) is 2.51. The van der Waals surface area contributed by atoms with Gasteiger partial charge >= 0.3 is 5.97 Å². The molecule has 0 bridgehead atoms. The second-order valence-electron chi connectivity index (χ2n) is 6.13. The van der Waals surface area contributed by atoms with Crippen molar-refractivity contribution in [3.8, 4) is 5.75 Å². The molecule has 1 aliphatic heterocycles. The summed E-state index contributed by atoms with van der Waals surface area (Å²) in [6.45, 7) is 3.95. The molecule has 0 saturated heterocycles. The number of amides is 2. The van der Waals surface area contributed by atoms with Crippen LogP contribution in [0.4, 0.5) is 5.69 Å². The van der Waals surface area contributed by atoms with Crippen molar-refractivity contribution in [3.05, 3.63) is 24.3 Å². The molecule has 1 aromatic rings. The molecule has 1 aromatic carbocycles. The van der Waals surface area contributed by atoms with Gasteiger partial charge in [-0.2, -0.15) is 0 Å². The molecule has 0 saturated carbocycles. The lowest BCUT2D eigenvalue weighted by Gasteiger charge is -2.38. The highest BCUT2D eigenvalue weighted by Gasteiger charge is 2.40. The zero-order chi connectivity index (χ0) is 17.7. The van der Waals surface area contributed by atoms with Gasteiger partial charge in [0.05, 0.1) is 5.69 Å². The molecule has 0 aliphatic carbocycles. The molecule has 0 aromatic heterocycles. The molecule has 2 rings (SSSR count). The molecule has 7 heteroatoms. The molecule has 1 aliphatic rings. The molecule has 0 fully saturated rings. The van der Waals surface area contributed by atoms with Crippen LogP contribution in [0.1, 0.15) is 33.1 Å². The van der Waals surface area contributed by atoms with Crippen molar-refractivity contribution in [2.24, 2.45) is 0 Å². The van der Waals surface area contributed by atoms with Gasteiger partial charge in [0.1, 0.15) is 5.75 Å². The molecule has 24 heavy (non-hydrogen) atoms. The zero-order valence-corrected chi connectivity index (χ0v) is 13.9. The summed E-state index contributed by atoms with van der Waals surface area (Å²) in [6.07, 6.45) is 0.542. The summed E-state index contributed by atoms with van der Waals surface area (Å²) in [4.78, 5) is 36.4. The SMILES string of the molecule is CC1(C)Oc2ccccc2N(CCC(=O)NCCCC(=O)O)C1=O. The van der Waals surface area contributed by atoms with Crippen molar-refractivity contribution < 1.29 is 24.2 Å². The number of anilines is 1. The van der Waals surface area contributed by atoms with E-state index >= 15 is 0 Å². The number of aliphatic carboxylic acids is 1. The number of nitrogens with one attached hydrogen (secondary N) is 1. The van der Waals surface area contributed by atoms with E-state index in [0.29, 0.717) is 24.4 Å². The highest BCUT2D eigenvalue weighted by atomic mass is 16.5. The van der Waals surface area contributed by atoms with Crippen molar-refractivity contribution in [1.82, 2.24) is 5.32 Å². The van der Waals surface area contributed by atoms with Crippen molar-refractivity contribution in [2.75, 3.05) is 18.0 Å². The van der Waals surface area contributed by atoms with Gasteiger partial charge in [-0.05, 0) is 32.4 Å². The van der Waals surface area contributed by atoms with Crippen LogP contribution in [-0.4, -0.2) is 41.6 Å². The van der Waals surface area contributed by atoms with Gasteiger partial charge in [0.15, 0.2) is 5.60 Å². The minimum atomic E-state index is -0.980. The van der Waals surface area contributed by atoms with E-state index in [4.69, 9.17) is 9.84 Å². The minimum Gasteiger partial charge on any atom is -0.481 e. The number of fused-ring (bicyclic) bond motifs is 1. The van der Waals surface area contributed by atoms with E-state index in [1.807, 2.05) is 12.1 Å². The predicted octanol–water partition coefficient (Wildman–Crippen LogP) is 1.56. The summed E-state index contributed by atoms with van der Waals surface area (Å²) in [5.74, 6) is -0.680. The summed E-state index contributed by atoms with van der Waals surface area (Å²) in [6, 6.07) is 7.22. The van der Waals surface area contributed by atoms with Crippen molar-refractivity contribution in [3.63, 3.8) is 0 Å². The summed E-state index contributed by atoms with van der Waals surface area (Å²) in [5, 5.41) is 11.2. The Morgan fingerprint density at radius 3 is 2.67 bits per heavy atom. The number of rotatable bonds is 7. The molecule has 1 heterocycles. The maximum Gasteiger partial charge on any atom is 0.303 e. The Hall–Kier alpha value is -2.57. The Morgan fingerprint density at radius 1 is 1.25 bits per heavy atom. The Morgan fingerprint density at radius 2 is 1.96 bits per heavy atom. The third kappa shape index (κ3) is 4.24. The van der Waals surface area contributed by atoms with Gasteiger partial charge in [-0.3, -0.25) is 14.4 Å². The van der Waals surface area contributed by atoms with E-state index in [2.05, 4.69) is 5.32 Å². The third-order valence-corrected chi connectivity index (χ3v) is 3.73. The first-order valence-corrected chi connectivity index (χ1v) is 7.90. The highest BCUT2D eigenvalue weighted by Crippen LogP contribution is 2.37. The van der Waals surface area contributed by atoms with Gasteiger partial charge in [0.2, 0.25) is 5.91 Å². The van der Waals surface area contributed by atoms with Crippen LogP contribution in [0, 0.1) is 0 Å². The van der Waals surface area contributed by atoms with Gasteiger partial charge in [-0.25, -0.2) is 0 Å². The first-order valence-electron chi connectivity index (χ1n) is 7.90. The lowest BCUT2D eigenvalue weighted by Crippen LogP contribution is -2.53. The lowest BCUT2D eigenvalue weighted by molar-refractivity contribution is -0.137. The number of ether oxygens (including phenoxy) is 1. The van der Waals surface area contributed by atoms with Gasteiger partial charge in [-0.1, -0.05) is 12.1 Å². The van der Waals surface area contributed by atoms with Gasteiger partial charge < -0.3 is 20.1 Å². The molecular formula is C17H22N2O5. The molecular weight excluding hydrogens is 312 g/mol. The minimum absolute atomic E-state index is 0.0177. The van der Waals surface area contributed by atoms with E-state index in [1.54, 1.807) is 30.9 Å². The number of benzene rings is 1. The monoisotopic (exact) mass is 334 g/mol. The normalized spacial score (nSPS) is 15.4. The number of hydrogen-bond acceptors (Lipinski definition) is 4. The van der Waals surface area contributed by atoms with Gasteiger partial charge in [0.25, 0.3) is 5.91 Å². The van der Waals surface area contributed by atoms with E-state index in [0.717, 1.165) is 0 Å². The number of para-hydroxylation sites is 2. The van der Waals surface area contributed by atoms with E-state index in [9.17, 15) is 14.4 Å². The summed E-state index contributed by atoms with van der Waals surface area (Å²) < 4.78 is 5.72. The van der Waals surface area contributed by atoms with Crippen LogP contribution in [0.15, 0.2) is 24.3 Å². The van der Waals surface area contributed by atoms with Crippen LogP contribution in [0.3, 0.4) is 0 Å². The van der Waals surface area contributed by atoms with Crippen LogP contribution in [0.5, 0.6) is 5.75 Å². The van der Waals surface area contributed by atoms with Crippen molar-refractivity contribution in [2.45, 2.75) is 38.7 Å². The predicted molar refractivity (Wildman–Crippen MR) is 88.0 cm³/mol. The summed E-state index contributed by atoms with van der Waals surface area (Å²) >= 11 is 0. The molecule has 0 radical (unpaired) electrons. The first-order chi connectivity index (χ1) is 11.3. The maximum absolute atomic E-state index is 12.6. The van der Waals surface area contributed by atoms with Gasteiger partial charge in [0, 0.05) is 25.9 Å². The fourth-order valence-corrected chi connectivity index (χ4v) is 2.51. The number of hydrogen-bond donors (Lipinski definition) is 2. The van der Waals surface area contributed by atoms with Crippen molar-refractivity contribution in [1.29, 1.82) is 0 Å². The highest BCUT2D eigenvalue weighted by molar-refractivity contribution is 6.02. The Balaban J connectivity index is 1.95. The Kier molecular flexibility index (Phi) is 5.43. The molecule has 2 amide bonds. The first kappa shape index (κ1) is 17.8. The molecule has 7 nitrogen and oxygen atoms in total. The number of nitrogens with zero attached hydrogens (tertiary/aromatic N) is 1. The smallest absolute Gasteiger partial charge is 0.303 e. The standard InChI is InChI=1S/C17H22N2O5/c1-17(2)16(23)19(12-6-3-4-7-13(12)24-17)11-9-14(20)18-10-5-8-15(21)22/h3-4,6-7H,5,8-11H2,1-2H3,(H,18,20)(H,21,22).